The van der Waals surface area contributed by atoms with E-state index in [0.29, 0.717) is 38.3 Å². The van der Waals surface area contributed by atoms with E-state index in [1.54, 1.807) is 17.0 Å². The first-order chi connectivity index (χ1) is 14.5. The van der Waals surface area contributed by atoms with Crippen LogP contribution in [0.4, 0.5) is 10.2 Å². The molecule has 1 aromatic heterocycles. The van der Waals surface area contributed by atoms with Gasteiger partial charge >= 0.3 is 0 Å². The number of halogens is 1. The Bertz CT molecular complexity index is 857. The molecular weight excluding hydrogens is 385 g/mol. The molecule has 0 atom stereocenters. The molecule has 0 unspecified atom stereocenters. The summed E-state index contributed by atoms with van der Waals surface area (Å²) in [5.74, 6) is 0.455. The maximum atomic E-state index is 13.1. The third-order valence-corrected chi connectivity index (χ3v) is 5.33. The molecule has 2 amide bonds. The molecule has 0 aliphatic carbocycles. The van der Waals surface area contributed by atoms with Crippen molar-refractivity contribution in [2.24, 2.45) is 0 Å². The van der Waals surface area contributed by atoms with E-state index in [4.69, 9.17) is 0 Å². The number of likely N-dealkylation sites (N-methyl/N-ethyl adjacent to an activating group) is 1. The monoisotopic (exact) mass is 413 g/mol. The lowest BCUT2D eigenvalue weighted by atomic mass is 10.1. The number of hydrogen-bond acceptors (Lipinski definition) is 5. The van der Waals surface area contributed by atoms with Gasteiger partial charge in [-0.3, -0.25) is 9.59 Å². The van der Waals surface area contributed by atoms with Crippen molar-refractivity contribution in [3.05, 3.63) is 42.2 Å². The Labute approximate surface area is 176 Å². The SMILES string of the molecule is CCC(=O)N(CC)CC(=O)N1CCCN(c2ccc(-c3ccc(F)cc3)nn2)CC1. The largest absolute Gasteiger partial charge is 0.353 e. The highest BCUT2D eigenvalue weighted by Gasteiger charge is 2.23. The van der Waals surface area contributed by atoms with E-state index in [0.717, 1.165) is 24.3 Å². The molecule has 0 radical (unpaired) electrons. The van der Waals surface area contributed by atoms with Gasteiger partial charge in [0.05, 0.1) is 12.2 Å². The predicted molar refractivity (Wildman–Crippen MR) is 113 cm³/mol. The highest BCUT2D eigenvalue weighted by atomic mass is 19.1. The summed E-state index contributed by atoms with van der Waals surface area (Å²) in [6, 6.07) is 9.94. The standard InChI is InChI=1S/C22H28FN5O2/c1-3-21(29)26(4-2)16-22(30)28-13-5-12-27(14-15-28)20-11-10-19(24-25-20)17-6-8-18(23)9-7-17/h6-11H,3-5,12-16H2,1-2H3. The molecule has 1 fully saturated rings. The van der Waals surface area contributed by atoms with E-state index in [2.05, 4.69) is 15.1 Å². The molecule has 3 rings (SSSR count). The topological polar surface area (TPSA) is 69.6 Å². The van der Waals surface area contributed by atoms with E-state index in [1.165, 1.54) is 12.1 Å². The molecule has 2 heterocycles. The predicted octanol–water partition coefficient (Wildman–Crippen LogP) is 2.58. The minimum atomic E-state index is -0.284. The molecule has 1 aliphatic heterocycles. The van der Waals surface area contributed by atoms with Crippen molar-refractivity contribution in [2.45, 2.75) is 26.7 Å². The molecule has 160 valence electrons. The molecule has 0 spiro atoms. The molecule has 30 heavy (non-hydrogen) atoms. The van der Waals surface area contributed by atoms with Crippen LogP contribution < -0.4 is 4.90 Å². The zero-order valence-corrected chi connectivity index (χ0v) is 17.6. The van der Waals surface area contributed by atoms with Crippen molar-refractivity contribution in [1.29, 1.82) is 0 Å². The van der Waals surface area contributed by atoms with E-state index in [9.17, 15) is 14.0 Å². The normalized spacial score (nSPS) is 14.4. The fourth-order valence-electron chi connectivity index (χ4n) is 3.53. The van der Waals surface area contributed by atoms with Gasteiger partial charge in [0.2, 0.25) is 11.8 Å². The molecule has 8 heteroatoms. The summed E-state index contributed by atoms with van der Waals surface area (Å²) in [5.41, 5.74) is 1.50. The van der Waals surface area contributed by atoms with Crippen LogP contribution >= 0.6 is 0 Å². The number of rotatable bonds is 6. The van der Waals surface area contributed by atoms with Crippen LogP contribution in [0.15, 0.2) is 36.4 Å². The van der Waals surface area contributed by atoms with Gasteiger partial charge in [0.25, 0.3) is 0 Å². The summed E-state index contributed by atoms with van der Waals surface area (Å²) in [4.78, 5) is 30.1. The summed E-state index contributed by atoms with van der Waals surface area (Å²) in [6.45, 7) is 7.04. The van der Waals surface area contributed by atoms with Crippen LogP contribution in [0.2, 0.25) is 0 Å². The van der Waals surface area contributed by atoms with Gasteiger partial charge in [0.15, 0.2) is 5.82 Å². The molecule has 0 saturated carbocycles. The average Bonchev–Trinajstić information content (AvgIpc) is 3.04. The van der Waals surface area contributed by atoms with Crippen LogP contribution in [0.5, 0.6) is 0 Å². The zero-order chi connectivity index (χ0) is 21.5. The summed E-state index contributed by atoms with van der Waals surface area (Å²) in [7, 11) is 0. The van der Waals surface area contributed by atoms with Crippen LogP contribution in [-0.4, -0.2) is 71.1 Å². The lowest BCUT2D eigenvalue weighted by Crippen LogP contribution is -2.44. The maximum Gasteiger partial charge on any atom is 0.242 e. The number of amides is 2. The number of carbonyl (C=O) groups excluding carboxylic acids is 2. The van der Waals surface area contributed by atoms with Crippen LogP contribution in [0.25, 0.3) is 11.3 Å². The number of nitrogens with zero attached hydrogens (tertiary/aromatic N) is 5. The number of aromatic nitrogens is 2. The molecular formula is C22H28FN5O2. The van der Waals surface area contributed by atoms with Crippen molar-refractivity contribution >= 4 is 17.6 Å². The third kappa shape index (κ3) is 5.31. The van der Waals surface area contributed by atoms with Crippen molar-refractivity contribution < 1.29 is 14.0 Å². The van der Waals surface area contributed by atoms with Gasteiger partial charge in [-0.25, -0.2) is 4.39 Å². The molecule has 1 saturated heterocycles. The van der Waals surface area contributed by atoms with Crippen molar-refractivity contribution in [1.82, 2.24) is 20.0 Å². The van der Waals surface area contributed by atoms with E-state index in [1.807, 2.05) is 30.9 Å². The Balaban J connectivity index is 1.60. The average molecular weight is 413 g/mol. The molecule has 2 aromatic rings. The van der Waals surface area contributed by atoms with Crippen molar-refractivity contribution in [3.8, 4) is 11.3 Å². The summed E-state index contributed by atoms with van der Waals surface area (Å²) in [5, 5.41) is 8.61. The van der Waals surface area contributed by atoms with Gasteiger partial charge < -0.3 is 14.7 Å². The highest BCUT2D eigenvalue weighted by molar-refractivity contribution is 5.84. The number of hydrogen-bond donors (Lipinski definition) is 0. The first-order valence-corrected chi connectivity index (χ1v) is 10.4. The minimum absolute atomic E-state index is 0.00110. The molecule has 0 N–H and O–H groups in total. The second kappa shape index (κ2) is 10.1. The zero-order valence-electron chi connectivity index (χ0n) is 17.6. The summed E-state index contributed by atoms with van der Waals surface area (Å²) >= 11 is 0. The first kappa shape index (κ1) is 21.7. The second-order valence-corrected chi connectivity index (χ2v) is 7.27. The van der Waals surface area contributed by atoms with Gasteiger partial charge in [-0.1, -0.05) is 6.92 Å². The quantitative estimate of drug-likeness (QED) is 0.728. The van der Waals surface area contributed by atoms with Gasteiger partial charge in [-0.2, -0.15) is 0 Å². The van der Waals surface area contributed by atoms with Crippen LogP contribution in [0.3, 0.4) is 0 Å². The van der Waals surface area contributed by atoms with Crippen LogP contribution in [0.1, 0.15) is 26.7 Å². The highest BCUT2D eigenvalue weighted by Crippen LogP contribution is 2.20. The second-order valence-electron chi connectivity index (χ2n) is 7.27. The van der Waals surface area contributed by atoms with Crippen molar-refractivity contribution in [2.75, 3.05) is 44.2 Å². The van der Waals surface area contributed by atoms with E-state index >= 15 is 0 Å². The Morgan fingerprint density at radius 1 is 1.00 bits per heavy atom. The van der Waals surface area contributed by atoms with Gasteiger partial charge in [-0.05, 0) is 49.7 Å². The maximum absolute atomic E-state index is 13.1. The Morgan fingerprint density at radius 3 is 2.40 bits per heavy atom. The fourth-order valence-corrected chi connectivity index (χ4v) is 3.53. The number of benzene rings is 1. The van der Waals surface area contributed by atoms with Crippen molar-refractivity contribution in [3.63, 3.8) is 0 Å². The lowest BCUT2D eigenvalue weighted by Gasteiger charge is -2.26. The van der Waals surface area contributed by atoms with Crippen LogP contribution in [0, 0.1) is 5.82 Å². The number of anilines is 1. The summed E-state index contributed by atoms with van der Waals surface area (Å²) in [6.07, 6.45) is 1.22. The number of carbonyl (C=O) groups is 2. The lowest BCUT2D eigenvalue weighted by molar-refractivity contribution is -0.140. The molecule has 0 bridgehead atoms. The third-order valence-electron chi connectivity index (χ3n) is 5.33. The van der Waals surface area contributed by atoms with E-state index < -0.39 is 0 Å². The summed E-state index contributed by atoms with van der Waals surface area (Å²) < 4.78 is 13.1. The van der Waals surface area contributed by atoms with Gasteiger partial charge in [-0.15, -0.1) is 10.2 Å². The first-order valence-electron chi connectivity index (χ1n) is 10.4. The van der Waals surface area contributed by atoms with Crippen LogP contribution in [-0.2, 0) is 9.59 Å². The Kier molecular flexibility index (Phi) is 7.32. The van der Waals surface area contributed by atoms with Gasteiger partial charge in [0, 0.05) is 44.7 Å². The molecule has 1 aliphatic rings. The molecule has 7 nitrogen and oxygen atoms in total. The fraction of sp³-hybridized carbons (Fsp3) is 0.455. The Morgan fingerprint density at radius 2 is 1.77 bits per heavy atom. The minimum Gasteiger partial charge on any atom is -0.353 e. The van der Waals surface area contributed by atoms with Gasteiger partial charge in [0.1, 0.15) is 5.82 Å². The Hall–Kier alpha value is -3.03. The van der Waals surface area contributed by atoms with E-state index in [-0.39, 0.29) is 24.2 Å². The smallest absolute Gasteiger partial charge is 0.242 e. The molecule has 1 aromatic carbocycles.